The van der Waals surface area contributed by atoms with E-state index in [9.17, 15) is 38.4 Å². The van der Waals surface area contributed by atoms with Crippen molar-refractivity contribution in [2.75, 3.05) is 6.61 Å². The van der Waals surface area contributed by atoms with Gasteiger partial charge in [-0.25, -0.2) is 18.5 Å². The van der Waals surface area contributed by atoms with E-state index in [1.807, 2.05) is 4.98 Å². The van der Waals surface area contributed by atoms with Gasteiger partial charge in [-0.2, -0.15) is 8.62 Å². The Hall–Kier alpha value is -1.72. The van der Waals surface area contributed by atoms with Gasteiger partial charge >= 0.3 is 29.2 Å². The Morgan fingerprint density at radius 1 is 1.19 bits per heavy atom. The highest BCUT2D eigenvalue weighted by Crippen LogP contribution is 2.66. The summed E-state index contributed by atoms with van der Waals surface area (Å²) in [6, 6.07) is 0.837. The molecule has 0 aromatic carbocycles. The quantitative estimate of drug-likeness (QED) is 0.0804. The fourth-order valence-electron chi connectivity index (χ4n) is 2.40. The molecule has 32 heavy (non-hydrogen) atoms. The number of aliphatic hydroxyl groups excluding tert-OH is 2. The molecule has 6 atom stereocenters. The Morgan fingerprint density at radius 3 is 2.34 bits per heavy atom. The lowest BCUT2D eigenvalue weighted by atomic mass is 10.1. The number of aliphatic hydroxyl groups is 2. The Morgan fingerprint density at radius 2 is 1.81 bits per heavy atom. The molecule has 23 heteroatoms. The summed E-state index contributed by atoms with van der Waals surface area (Å²) >= 11 is 0. The van der Waals surface area contributed by atoms with Crippen molar-refractivity contribution in [1.29, 1.82) is 0 Å². The van der Waals surface area contributed by atoms with Gasteiger partial charge in [0.1, 0.15) is 12.2 Å². The number of aromatic nitrogens is 2. The molecule has 0 saturated carbocycles. The van der Waals surface area contributed by atoms with Crippen LogP contribution in [0.1, 0.15) is 6.23 Å². The molecule has 1 aromatic heterocycles. The molecule has 0 spiro atoms. The number of ether oxygens (including phenoxy) is 1. The standard InChI is InChI=1S/C9H14N5O15P3/c10-13-12-9(3-26-31(22,23)29-32(24,25)28-30(19,20)21)6(17)5(16)7(27-9)14-2-1-4(15)11-8(14)18/h1-2,5-7,16-17H,3H2,(H,22,23)(H,24,25)(H,11,15,18)(H2,19,20,21)/t5?,6-,7+,9+/m0/s1. The molecule has 0 radical (unpaired) electrons. The van der Waals surface area contributed by atoms with Crippen molar-refractivity contribution in [1.82, 2.24) is 9.55 Å². The van der Waals surface area contributed by atoms with Crippen LogP contribution >= 0.6 is 23.5 Å². The fraction of sp³-hybridized carbons (Fsp3) is 0.556. The lowest BCUT2D eigenvalue weighted by Crippen LogP contribution is -2.44. The Balaban J connectivity index is 2.28. The maximum atomic E-state index is 11.9. The summed E-state index contributed by atoms with van der Waals surface area (Å²) in [5.74, 6) is 0. The molecular formula is C9H14N5O15P3. The molecule has 1 aliphatic heterocycles. The number of nitrogens with one attached hydrogen (secondary N) is 1. The van der Waals surface area contributed by atoms with E-state index in [0.717, 1.165) is 12.3 Å². The molecule has 0 aliphatic carbocycles. The van der Waals surface area contributed by atoms with Gasteiger partial charge in [-0.15, -0.1) is 0 Å². The molecule has 20 nitrogen and oxygen atoms in total. The summed E-state index contributed by atoms with van der Waals surface area (Å²) in [4.78, 5) is 62.8. The van der Waals surface area contributed by atoms with E-state index < -0.39 is 65.5 Å². The molecule has 7 N–H and O–H groups in total. The number of aromatic amines is 1. The third-order valence-corrected chi connectivity index (χ3v) is 7.38. The van der Waals surface area contributed by atoms with Crippen LogP contribution in [0.3, 0.4) is 0 Å². The molecule has 1 aromatic rings. The van der Waals surface area contributed by atoms with Crippen molar-refractivity contribution in [2.45, 2.75) is 24.2 Å². The lowest BCUT2D eigenvalue weighted by Gasteiger charge is -2.27. The van der Waals surface area contributed by atoms with Gasteiger partial charge in [0.15, 0.2) is 6.23 Å². The minimum atomic E-state index is -5.87. The highest BCUT2D eigenvalue weighted by atomic mass is 31.3. The van der Waals surface area contributed by atoms with Gasteiger partial charge in [0.05, 0.1) is 6.61 Å². The Bertz CT molecular complexity index is 1170. The zero-order valence-electron chi connectivity index (χ0n) is 15.1. The fourth-order valence-corrected chi connectivity index (χ4v) is 5.45. The van der Waals surface area contributed by atoms with E-state index in [-0.39, 0.29) is 0 Å². The second-order valence-electron chi connectivity index (χ2n) is 5.86. The zero-order chi connectivity index (χ0) is 24.5. The summed E-state index contributed by atoms with van der Waals surface area (Å²) in [5, 5.41) is 23.5. The van der Waals surface area contributed by atoms with Gasteiger partial charge in [-0.05, 0) is 5.53 Å². The second-order valence-corrected chi connectivity index (χ2v) is 10.3. The molecule has 1 fully saturated rings. The average Bonchev–Trinajstić information content (AvgIpc) is 2.83. The molecule has 1 aliphatic rings. The molecule has 180 valence electrons. The minimum Gasteiger partial charge on any atom is -0.387 e. The van der Waals surface area contributed by atoms with Crippen molar-refractivity contribution < 1.29 is 61.4 Å². The van der Waals surface area contributed by atoms with Gasteiger partial charge in [-0.3, -0.25) is 18.9 Å². The van der Waals surface area contributed by atoms with E-state index >= 15 is 0 Å². The van der Waals surface area contributed by atoms with Gasteiger partial charge < -0.3 is 34.5 Å². The number of rotatable bonds is 9. The van der Waals surface area contributed by atoms with E-state index in [2.05, 4.69) is 23.2 Å². The van der Waals surface area contributed by atoms with Crippen LogP contribution in [0.25, 0.3) is 10.4 Å². The molecular weight excluding hydrogens is 511 g/mol. The van der Waals surface area contributed by atoms with Crippen molar-refractivity contribution in [2.24, 2.45) is 5.11 Å². The van der Waals surface area contributed by atoms with E-state index in [0.29, 0.717) is 4.57 Å². The third-order valence-electron chi connectivity index (χ3n) is 3.59. The van der Waals surface area contributed by atoms with E-state index in [1.54, 1.807) is 0 Å². The smallest absolute Gasteiger partial charge is 0.387 e. The minimum absolute atomic E-state index is 0.564. The topological polar surface area (TPSA) is 313 Å². The molecule has 0 amide bonds. The van der Waals surface area contributed by atoms with E-state index in [4.69, 9.17) is 24.9 Å². The first-order valence-corrected chi connectivity index (χ1v) is 12.2. The van der Waals surface area contributed by atoms with Gasteiger partial charge in [0, 0.05) is 17.2 Å². The third kappa shape index (κ3) is 6.41. The number of hydrogen-bond donors (Lipinski definition) is 7. The maximum Gasteiger partial charge on any atom is 0.490 e. The summed E-state index contributed by atoms with van der Waals surface area (Å²) in [6.07, 6.45) is -5.27. The summed E-state index contributed by atoms with van der Waals surface area (Å²) in [7, 11) is -17.2. The van der Waals surface area contributed by atoms with Crippen LogP contribution in [-0.4, -0.2) is 63.9 Å². The number of H-pyrrole nitrogens is 1. The molecule has 0 bridgehead atoms. The number of hydrogen-bond acceptors (Lipinski definition) is 12. The number of nitrogens with zero attached hydrogens (tertiary/aromatic N) is 4. The summed E-state index contributed by atoms with van der Waals surface area (Å²) in [5.41, 5.74) is 4.06. The summed E-state index contributed by atoms with van der Waals surface area (Å²) in [6.45, 7) is -1.46. The van der Waals surface area contributed by atoms with Crippen LogP contribution < -0.4 is 11.2 Å². The Labute approximate surface area is 174 Å². The predicted octanol–water partition coefficient (Wildman–Crippen LogP) is -1.86. The van der Waals surface area contributed by atoms with E-state index in [1.165, 1.54) is 0 Å². The summed E-state index contributed by atoms with van der Waals surface area (Å²) < 4.78 is 50.8. The van der Waals surface area contributed by atoms with Crippen molar-refractivity contribution in [3.63, 3.8) is 0 Å². The molecule has 2 heterocycles. The largest absolute Gasteiger partial charge is 0.490 e. The Kier molecular flexibility index (Phi) is 7.68. The van der Waals surface area contributed by atoms with Crippen LogP contribution in [-0.2, 0) is 31.6 Å². The normalized spacial score (nSPS) is 29.6. The first-order chi connectivity index (χ1) is 14.5. The first-order valence-electron chi connectivity index (χ1n) is 7.71. The second kappa shape index (κ2) is 9.26. The van der Waals surface area contributed by atoms with Gasteiger partial charge in [0.2, 0.25) is 5.72 Å². The van der Waals surface area contributed by atoms with Gasteiger partial charge in [-0.1, -0.05) is 5.11 Å². The zero-order valence-corrected chi connectivity index (χ0v) is 17.8. The van der Waals surface area contributed by atoms with Crippen molar-refractivity contribution in [3.05, 3.63) is 43.5 Å². The van der Waals surface area contributed by atoms with Crippen molar-refractivity contribution >= 4 is 23.5 Å². The molecule has 2 rings (SSSR count). The number of phosphoric ester groups is 1. The van der Waals surface area contributed by atoms with Crippen LogP contribution in [0.5, 0.6) is 0 Å². The highest BCUT2D eigenvalue weighted by Gasteiger charge is 2.56. The van der Waals surface area contributed by atoms with Crippen LogP contribution in [0, 0.1) is 0 Å². The first kappa shape index (κ1) is 26.5. The van der Waals surface area contributed by atoms with Crippen LogP contribution in [0.15, 0.2) is 27.0 Å². The highest BCUT2D eigenvalue weighted by molar-refractivity contribution is 7.66. The predicted molar refractivity (Wildman–Crippen MR) is 95.2 cm³/mol. The van der Waals surface area contributed by atoms with Crippen LogP contribution in [0.4, 0.5) is 0 Å². The van der Waals surface area contributed by atoms with Crippen molar-refractivity contribution in [3.8, 4) is 0 Å². The molecule has 3 unspecified atom stereocenters. The monoisotopic (exact) mass is 525 g/mol. The molecule has 1 saturated heterocycles. The van der Waals surface area contributed by atoms with Crippen LogP contribution in [0.2, 0.25) is 0 Å². The lowest BCUT2D eigenvalue weighted by molar-refractivity contribution is -0.123. The number of phosphoric acid groups is 3. The van der Waals surface area contributed by atoms with Gasteiger partial charge in [0.25, 0.3) is 5.56 Å². The number of azide groups is 1. The SMILES string of the molecule is [N-]=[N+]=N[C@]1(COP(=O)(O)OP(=O)(O)OP(=O)(O)O)O[C@@H](n2ccc(=O)[nH]c2=O)C(O)[C@@H]1O. The maximum absolute atomic E-state index is 11.9. The average molecular weight is 525 g/mol.